The summed E-state index contributed by atoms with van der Waals surface area (Å²) in [6.45, 7) is 6.53. The summed E-state index contributed by atoms with van der Waals surface area (Å²) in [7, 11) is 0. The normalized spacial score (nSPS) is 22.0. The van der Waals surface area contributed by atoms with Gasteiger partial charge in [0.05, 0.1) is 13.1 Å². The molecule has 5 nitrogen and oxygen atoms in total. The molecule has 0 radical (unpaired) electrons. The summed E-state index contributed by atoms with van der Waals surface area (Å²) in [6, 6.07) is 8.09. The largest absolute Gasteiger partial charge is 0.492 e. The first-order valence-corrected chi connectivity index (χ1v) is 10.4. The van der Waals surface area contributed by atoms with E-state index in [1.807, 2.05) is 19.1 Å². The lowest BCUT2D eigenvalue weighted by molar-refractivity contribution is -0.933. The number of benzene rings is 1. The molecule has 138 valence electrons. The van der Waals surface area contributed by atoms with Gasteiger partial charge in [-0.25, -0.2) is 4.98 Å². The Hall–Kier alpha value is -1.63. The number of piperidine rings is 1. The maximum absolute atomic E-state index is 10.9. The van der Waals surface area contributed by atoms with Gasteiger partial charge in [0, 0.05) is 22.9 Å². The van der Waals surface area contributed by atoms with Gasteiger partial charge in [-0.2, -0.15) is 4.52 Å². The SMILES string of the molecule is CCc1nc2sc([C@H](c3ccc(Cl)cc3)[NH+]3CCC[C@H](C)C3)c(O)n2n1. The number of rotatable bonds is 4. The molecule has 3 heterocycles. The quantitative estimate of drug-likeness (QED) is 0.718. The highest BCUT2D eigenvalue weighted by atomic mass is 35.5. The summed E-state index contributed by atoms with van der Waals surface area (Å²) in [6.07, 6.45) is 3.25. The third-order valence-corrected chi connectivity index (χ3v) is 6.58. The first-order valence-electron chi connectivity index (χ1n) is 9.24. The average molecular weight is 392 g/mol. The van der Waals surface area contributed by atoms with E-state index in [0.717, 1.165) is 40.2 Å². The van der Waals surface area contributed by atoms with Gasteiger partial charge in [-0.3, -0.25) is 0 Å². The lowest BCUT2D eigenvalue weighted by Gasteiger charge is -2.34. The van der Waals surface area contributed by atoms with Crippen LogP contribution in [0.4, 0.5) is 0 Å². The molecule has 1 aliphatic rings. The second-order valence-electron chi connectivity index (χ2n) is 7.21. The van der Waals surface area contributed by atoms with Crippen molar-refractivity contribution in [2.24, 2.45) is 5.92 Å². The van der Waals surface area contributed by atoms with Gasteiger partial charge in [-0.1, -0.05) is 48.9 Å². The predicted octanol–water partition coefficient (Wildman–Crippen LogP) is 3.12. The summed E-state index contributed by atoms with van der Waals surface area (Å²) in [5.74, 6) is 1.67. The molecule has 0 aliphatic carbocycles. The Balaban J connectivity index is 1.80. The van der Waals surface area contributed by atoms with Crippen LogP contribution in [0.1, 0.15) is 49.0 Å². The van der Waals surface area contributed by atoms with E-state index in [9.17, 15) is 5.11 Å². The summed E-state index contributed by atoms with van der Waals surface area (Å²) in [5.41, 5.74) is 1.18. The fourth-order valence-electron chi connectivity index (χ4n) is 3.95. The van der Waals surface area contributed by atoms with E-state index in [0.29, 0.717) is 5.92 Å². The Labute approximate surface area is 162 Å². The maximum atomic E-state index is 10.9. The zero-order valence-corrected chi connectivity index (χ0v) is 16.6. The average Bonchev–Trinajstić information content (AvgIpc) is 3.17. The summed E-state index contributed by atoms with van der Waals surface area (Å²) < 4.78 is 1.59. The van der Waals surface area contributed by atoms with Crippen molar-refractivity contribution in [2.45, 2.75) is 39.2 Å². The molecule has 0 amide bonds. The van der Waals surface area contributed by atoms with E-state index in [4.69, 9.17) is 11.6 Å². The molecule has 1 saturated heterocycles. The van der Waals surface area contributed by atoms with Crippen LogP contribution in [0.3, 0.4) is 0 Å². The molecule has 1 aliphatic heterocycles. The Bertz CT molecular complexity index is 904. The van der Waals surface area contributed by atoms with Gasteiger partial charge in [0.1, 0.15) is 4.88 Å². The van der Waals surface area contributed by atoms with Crippen molar-refractivity contribution in [3.63, 3.8) is 0 Å². The summed E-state index contributed by atoms with van der Waals surface area (Å²) in [4.78, 5) is 7.73. The van der Waals surface area contributed by atoms with Gasteiger partial charge >= 0.3 is 0 Å². The number of fused-ring (bicyclic) bond motifs is 1. The Morgan fingerprint density at radius 3 is 2.81 bits per heavy atom. The molecule has 26 heavy (non-hydrogen) atoms. The standard InChI is InChI=1S/C19H23ClN4OS/c1-3-15-21-19-24(22-15)18(25)17(26-19)16(13-6-8-14(20)9-7-13)23-10-4-5-12(2)11-23/h6-9,12,16,25H,3-5,10-11H2,1-2H3/p+1/t12-,16-/m0/s1. The summed E-state index contributed by atoms with van der Waals surface area (Å²) in [5, 5.41) is 16.1. The highest BCUT2D eigenvalue weighted by molar-refractivity contribution is 7.17. The number of nitrogens with one attached hydrogen (secondary N) is 1. The predicted molar refractivity (Wildman–Crippen MR) is 104 cm³/mol. The zero-order chi connectivity index (χ0) is 18.3. The van der Waals surface area contributed by atoms with Crippen molar-refractivity contribution in [1.82, 2.24) is 14.6 Å². The van der Waals surface area contributed by atoms with Gasteiger partial charge in [-0.05, 0) is 25.0 Å². The monoisotopic (exact) mass is 391 g/mol. The van der Waals surface area contributed by atoms with Gasteiger partial charge in [0.2, 0.25) is 10.8 Å². The highest BCUT2D eigenvalue weighted by Gasteiger charge is 2.35. The van der Waals surface area contributed by atoms with Crippen molar-refractivity contribution in [2.75, 3.05) is 13.1 Å². The molecule has 3 aromatic rings. The highest BCUT2D eigenvalue weighted by Crippen LogP contribution is 2.35. The molecule has 7 heteroatoms. The third kappa shape index (κ3) is 3.21. The minimum absolute atomic E-state index is 0.0774. The Kier molecular flexibility index (Phi) is 4.90. The second kappa shape index (κ2) is 7.18. The van der Waals surface area contributed by atoms with Gasteiger partial charge in [-0.15, -0.1) is 5.10 Å². The third-order valence-electron chi connectivity index (χ3n) is 5.24. The van der Waals surface area contributed by atoms with Crippen LogP contribution in [0, 0.1) is 5.92 Å². The van der Waals surface area contributed by atoms with Gasteiger partial charge < -0.3 is 10.0 Å². The topological polar surface area (TPSA) is 54.9 Å². The number of aromatic hydroxyl groups is 1. The van der Waals surface area contributed by atoms with Crippen LogP contribution in [0.5, 0.6) is 5.88 Å². The minimum Gasteiger partial charge on any atom is -0.492 e. The smallest absolute Gasteiger partial charge is 0.235 e. The molecule has 0 spiro atoms. The number of quaternary nitrogens is 1. The Morgan fingerprint density at radius 2 is 2.15 bits per heavy atom. The molecule has 0 saturated carbocycles. The first kappa shape index (κ1) is 17.8. The summed E-state index contributed by atoms with van der Waals surface area (Å²) >= 11 is 7.65. The molecule has 0 bridgehead atoms. The lowest BCUT2D eigenvalue weighted by atomic mass is 9.95. The van der Waals surface area contributed by atoms with Crippen LogP contribution >= 0.6 is 22.9 Å². The van der Waals surface area contributed by atoms with E-state index < -0.39 is 0 Å². The van der Waals surface area contributed by atoms with E-state index in [-0.39, 0.29) is 11.9 Å². The molecule has 2 N–H and O–H groups in total. The van der Waals surface area contributed by atoms with Crippen LogP contribution in [0.2, 0.25) is 5.02 Å². The zero-order valence-electron chi connectivity index (χ0n) is 15.1. The molecule has 4 rings (SSSR count). The van der Waals surface area contributed by atoms with Crippen LogP contribution in [-0.2, 0) is 6.42 Å². The number of thiazole rings is 1. The number of aryl methyl sites for hydroxylation is 1. The number of hydrogen-bond donors (Lipinski definition) is 2. The fourth-order valence-corrected chi connectivity index (χ4v) is 5.23. The molecule has 3 atom stereocenters. The molecule has 1 unspecified atom stereocenters. The fraction of sp³-hybridized carbons (Fsp3) is 0.474. The molecule has 1 aromatic carbocycles. The van der Waals surface area contributed by atoms with E-state index in [2.05, 4.69) is 29.1 Å². The second-order valence-corrected chi connectivity index (χ2v) is 8.66. The van der Waals surface area contributed by atoms with E-state index in [1.54, 1.807) is 15.9 Å². The number of aromatic nitrogens is 3. The molecule has 2 aromatic heterocycles. The lowest BCUT2D eigenvalue weighted by Crippen LogP contribution is -3.13. The number of hydrogen-bond acceptors (Lipinski definition) is 4. The number of nitrogens with zero attached hydrogens (tertiary/aromatic N) is 3. The maximum Gasteiger partial charge on any atom is 0.235 e. The van der Waals surface area contributed by atoms with Crippen molar-refractivity contribution < 1.29 is 10.0 Å². The van der Waals surface area contributed by atoms with Crippen molar-refractivity contribution in [3.8, 4) is 5.88 Å². The van der Waals surface area contributed by atoms with Crippen LogP contribution in [0.25, 0.3) is 4.96 Å². The number of likely N-dealkylation sites (tertiary alicyclic amines) is 1. The minimum atomic E-state index is 0.0774. The first-order chi connectivity index (χ1) is 12.6. The van der Waals surface area contributed by atoms with Gasteiger partial charge in [0.25, 0.3) is 0 Å². The molecular formula is C19H24ClN4OS+. The molecular weight excluding hydrogens is 368 g/mol. The van der Waals surface area contributed by atoms with Gasteiger partial charge in [0.15, 0.2) is 11.9 Å². The number of halogens is 1. The Morgan fingerprint density at radius 1 is 1.38 bits per heavy atom. The van der Waals surface area contributed by atoms with Crippen LogP contribution in [0.15, 0.2) is 24.3 Å². The van der Waals surface area contributed by atoms with E-state index in [1.165, 1.54) is 23.3 Å². The molecule has 1 fully saturated rings. The van der Waals surface area contributed by atoms with Crippen LogP contribution in [-0.4, -0.2) is 32.8 Å². The van der Waals surface area contributed by atoms with Crippen molar-refractivity contribution in [3.05, 3.63) is 45.6 Å². The van der Waals surface area contributed by atoms with Crippen molar-refractivity contribution in [1.29, 1.82) is 0 Å². The van der Waals surface area contributed by atoms with E-state index >= 15 is 0 Å². The van der Waals surface area contributed by atoms with Crippen LogP contribution < -0.4 is 4.90 Å². The van der Waals surface area contributed by atoms with Crippen molar-refractivity contribution >= 4 is 27.9 Å².